The van der Waals surface area contributed by atoms with Crippen LogP contribution < -0.4 is 0 Å². The van der Waals surface area contributed by atoms with Crippen LogP contribution in [0.1, 0.15) is 63.6 Å². The van der Waals surface area contributed by atoms with Crippen LogP contribution in [0.5, 0.6) is 0 Å². The van der Waals surface area contributed by atoms with E-state index >= 15 is 0 Å². The largest absolute Gasteiger partial charge is 0.461 e. The van der Waals surface area contributed by atoms with E-state index in [9.17, 15) is 19.1 Å². The molecule has 0 spiro atoms. The zero-order valence-corrected chi connectivity index (χ0v) is 25.1. The number of halogens is 1. The molecule has 0 bridgehead atoms. The van der Waals surface area contributed by atoms with Crippen LogP contribution in [0.25, 0.3) is 11.8 Å². The molecule has 2 heterocycles. The van der Waals surface area contributed by atoms with Gasteiger partial charge >= 0.3 is 5.97 Å². The molecule has 4 fully saturated rings. The van der Waals surface area contributed by atoms with Crippen LogP contribution in [-0.4, -0.2) is 51.4 Å². The molecule has 0 radical (unpaired) electrons. The average Bonchev–Trinajstić information content (AvgIpc) is 3.49. The van der Waals surface area contributed by atoms with Crippen molar-refractivity contribution in [3.05, 3.63) is 53.1 Å². The molecule has 9 heteroatoms. The number of allylic oxidation sites excluding steroid dienone is 1. The van der Waals surface area contributed by atoms with Crippen molar-refractivity contribution < 1.29 is 28.6 Å². The summed E-state index contributed by atoms with van der Waals surface area (Å²) in [6.07, 6.45) is 7.94. The van der Waals surface area contributed by atoms with E-state index in [0.29, 0.717) is 38.9 Å². The van der Waals surface area contributed by atoms with E-state index in [1.165, 1.54) is 17.7 Å². The zero-order valence-electron chi connectivity index (χ0n) is 24.2. The molecule has 1 aromatic heterocycles. The maximum atomic E-state index is 13.6. The first-order valence-electron chi connectivity index (χ1n) is 15.3. The summed E-state index contributed by atoms with van der Waals surface area (Å²) in [5, 5.41) is 16.3. The first-order chi connectivity index (χ1) is 20.1. The Labute approximate surface area is 251 Å². The maximum absolute atomic E-state index is 13.6. The van der Waals surface area contributed by atoms with Gasteiger partial charge in [0, 0.05) is 13.2 Å². The second-order valence-corrected chi connectivity index (χ2v) is 14.2. The highest BCUT2D eigenvalue weighted by atomic mass is 32.1. The predicted octanol–water partition coefficient (Wildman–Crippen LogP) is 5.19. The lowest BCUT2D eigenvalue weighted by Gasteiger charge is -2.59. The van der Waals surface area contributed by atoms with Crippen LogP contribution in [0.4, 0.5) is 4.39 Å². The fourth-order valence-electron chi connectivity index (χ4n) is 9.70. The van der Waals surface area contributed by atoms with E-state index in [1.807, 2.05) is 10.9 Å². The van der Waals surface area contributed by atoms with Crippen molar-refractivity contribution >= 4 is 29.8 Å². The Balaban J connectivity index is 1.18. The molecule has 0 amide bonds. The number of benzene rings is 1. The van der Waals surface area contributed by atoms with Crippen molar-refractivity contribution in [1.29, 1.82) is 0 Å². The van der Waals surface area contributed by atoms with Crippen molar-refractivity contribution in [3.8, 4) is 5.69 Å². The van der Waals surface area contributed by atoms with Gasteiger partial charge in [-0.25, -0.2) is 9.07 Å². The standard InChI is InChI=1S/C33H39FN2O5S/c1-32-15-19-17-35-36(22-6-4-21(34)5-7-22)25(19)13-20(32)3-8-23-24-14-27(41-30(38)18-9-11-40-12-10-18)29(31(39)42)33(24,2)16-26(37)28(23)32/h4-7,13,17-18,23-24,26-29,37H,3,8-12,14-16H2,1-2H3,(H,39,42)/t23-,24-,26-,27?,28+,29+,32-,33-/m0/s1. The van der Waals surface area contributed by atoms with Crippen LogP contribution >= 0.6 is 12.6 Å². The summed E-state index contributed by atoms with van der Waals surface area (Å²) in [6.45, 7) is 5.49. The van der Waals surface area contributed by atoms with Gasteiger partial charge in [-0.05, 0) is 109 Å². The van der Waals surface area contributed by atoms with E-state index in [4.69, 9.17) is 9.47 Å². The molecular weight excluding hydrogens is 555 g/mol. The van der Waals surface area contributed by atoms with Crippen molar-refractivity contribution in [2.75, 3.05) is 13.2 Å². The highest BCUT2D eigenvalue weighted by Crippen LogP contribution is 2.67. The summed E-state index contributed by atoms with van der Waals surface area (Å²) in [6, 6.07) is 6.37. The van der Waals surface area contributed by atoms with Crippen LogP contribution in [0.3, 0.4) is 0 Å². The summed E-state index contributed by atoms with van der Waals surface area (Å²) < 4.78 is 27.0. The van der Waals surface area contributed by atoms with Gasteiger partial charge in [-0.2, -0.15) is 5.10 Å². The van der Waals surface area contributed by atoms with Gasteiger partial charge in [0.15, 0.2) is 5.12 Å². The smallest absolute Gasteiger partial charge is 0.309 e. The number of hydrogen-bond donors (Lipinski definition) is 2. The third-order valence-corrected chi connectivity index (χ3v) is 11.9. The minimum Gasteiger partial charge on any atom is -0.461 e. The molecule has 7 nitrogen and oxygen atoms in total. The van der Waals surface area contributed by atoms with Gasteiger partial charge in [0.1, 0.15) is 11.9 Å². The first-order valence-corrected chi connectivity index (χ1v) is 15.8. The van der Waals surface area contributed by atoms with Gasteiger partial charge in [0.2, 0.25) is 0 Å². The molecule has 42 heavy (non-hydrogen) atoms. The van der Waals surface area contributed by atoms with Crippen molar-refractivity contribution in [1.82, 2.24) is 9.78 Å². The molecule has 1 aliphatic heterocycles. The highest BCUT2D eigenvalue weighted by molar-refractivity contribution is 7.96. The predicted molar refractivity (Wildman–Crippen MR) is 157 cm³/mol. The number of esters is 1. The Hall–Kier alpha value is -2.49. The van der Waals surface area contributed by atoms with E-state index in [1.54, 1.807) is 12.1 Å². The number of carbonyl (C=O) groups is 2. The van der Waals surface area contributed by atoms with E-state index in [-0.39, 0.29) is 46.0 Å². The highest BCUT2D eigenvalue weighted by Gasteiger charge is 2.66. The number of rotatable bonds is 4. The Kier molecular flexibility index (Phi) is 6.94. The fourth-order valence-corrected chi connectivity index (χ4v) is 10.2. The first kappa shape index (κ1) is 28.3. The average molecular weight is 595 g/mol. The quantitative estimate of drug-likeness (QED) is 0.374. The minimum atomic E-state index is -0.598. The van der Waals surface area contributed by atoms with Crippen LogP contribution in [0, 0.1) is 46.2 Å². The zero-order chi connectivity index (χ0) is 29.4. The molecule has 2 aromatic rings. The number of aliphatic hydroxyl groups excluding tert-OH is 1. The number of hydrogen-bond acceptors (Lipinski definition) is 6. The number of aliphatic hydroxyl groups is 1. The third kappa shape index (κ3) is 4.33. The van der Waals surface area contributed by atoms with Crippen molar-refractivity contribution in [3.63, 3.8) is 0 Å². The van der Waals surface area contributed by atoms with E-state index < -0.39 is 23.5 Å². The third-order valence-electron chi connectivity index (χ3n) is 11.6. The molecule has 1 unspecified atom stereocenters. The molecule has 4 aliphatic carbocycles. The van der Waals surface area contributed by atoms with Crippen molar-refractivity contribution in [2.24, 2.45) is 40.4 Å². The number of thiol groups is 1. The summed E-state index contributed by atoms with van der Waals surface area (Å²) in [4.78, 5) is 26.2. The van der Waals surface area contributed by atoms with Crippen LogP contribution in [0.15, 0.2) is 36.0 Å². The number of carbonyl (C=O) groups excluding carboxylic acids is 2. The Morgan fingerprint density at radius 2 is 1.90 bits per heavy atom. The number of fused-ring (bicyclic) bond motifs is 6. The van der Waals surface area contributed by atoms with Gasteiger partial charge in [-0.1, -0.05) is 19.4 Å². The van der Waals surface area contributed by atoms with Gasteiger partial charge in [-0.3, -0.25) is 9.59 Å². The van der Waals surface area contributed by atoms with Crippen LogP contribution in [0.2, 0.25) is 0 Å². The summed E-state index contributed by atoms with van der Waals surface area (Å²) in [5.74, 6) is -0.910. The number of ether oxygens (including phenoxy) is 2. The topological polar surface area (TPSA) is 90.7 Å². The lowest BCUT2D eigenvalue weighted by molar-refractivity contribution is -0.161. The molecule has 5 aliphatic rings. The summed E-state index contributed by atoms with van der Waals surface area (Å²) in [7, 11) is 0. The van der Waals surface area contributed by atoms with E-state index in [2.05, 4.69) is 37.7 Å². The molecular formula is C33H39FN2O5S. The molecule has 1 N–H and O–H groups in total. The fraction of sp³-hybridized carbons (Fsp3) is 0.606. The Bertz CT molecular complexity index is 1430. The van der Waals surface area contributed by atoms with Gasteiger partial charge in [0.05, 0.1) is 35.5 Å². The number of aromatic nitrogens is 2. The van der Waals surface area contributed by atoms with Gasteiger partial charge < -0.3 is 14.6 Å². The summed E-state index contributed by atoms with van der Waals surface area (Å²) in [5.41, 5.74) is 3.50. The monoisotopic (exact) mass is 594 g/mol. The van der Waals surface area contributed by atoms with Gasteiger partial charge in [0.25, 0.3) is 0 Å². The molecule has 224 valence electrons. The normalized spacial score (nSPS) is 37.6. The minimum absolute atomic E-state index is 0.0125. The van der Waals surface area contributed by atoms with Crippen molar-refractivity contribution in [2.45, 2.75) is 71.0 Å². The number of nitrogens with zero attached hydrogens (tertiary/aromatic N) is 2. The summed E-state index contributed by atoms with van der Waals surface area (Å²) >= 11 is 4.31. The molecule has 1 aromatic carbocycles. The molecule has 7 rings (SSSR count). The molecule has 8 atom stereocenters. The van der Waals surface area contributed by atoms with E-state index in [0.717, 1.165) is 36.2 Å². The Morgan fingerprint density at radius 1 is 1.17 bits per heavy atom. The lowest BCUT2D eigenvalue weighted by Crippen LogP contribution is -2.57. The van der Waals surface area contributed by atoms with Crippen LogP contribution in [-0.2, 0) is 25.5 Å². The second kappa shape index (κ2) is 10.3. The SMILES string of the molecule is C[C@]12C[C@H](O)[C@H]3[C@@H](CCC4=Cc5c(cnn5-c5ccc(F)cc5)C[C@@]43C)[C@@H]1CC(OC(=O)C1CCOCC1)[C@@H]2C(=O)S. The molecule has 3 saturated carbocycles. The second-order valence-electron chi connectivity index (χ2n) is 13.7. The molecule has 1 saturated heterocycles. The maximum Gasteiger partial charge on any atom is 0.309 e. The van der Waals surface area contributed by atoms with Gasteiger partial charge in [-0.15, -0.1) is 12.6 Å². The Morgan fingerprint density at radius 3 is 2.62 bits per heavy atom. The lowest BCUT2D eigenvalue weighted by atomic mass is 9.46.